The molecule has 2 heteroatoms. The molecule has 0 atom stereocenters. The first-order chi connectivity index (χ1) is 20.6. The Labute approximate surface area is 257 Å². The molecule has 0 aromatic heterocycles. The normalized spacial score (nSPS) is 17.2. The minimum Gasteiger partial charge on any atom is -0.0623 e. The molecular weight excluding hydrogens is 549 g/mol. The topological polar surface area (TPSA) is 0 Å². The molecule has 2 aliphatic heterocycles. The van der Waals surface area contributed by atoms with Crippen molar-refractivity contribution in [2.75, 3.05) is 0 Å². The van der Waals surface area contributed by atoms with Gasteiger partial charge in [-0.05, 0) is 93.2 Å². The third kappa shape index (κ3) is 3.10. The van der Waals surface area contributed by atoms with Crippen molar-refractivity contribution >= 4 is 47.7 Å². The van der Waals surface area contributed by atoms with Gasteiger partial charge < -0.3 is 0 Å². The Morgan fingerprint density at radius 1 is 0.419 bits per heavy atom. The first kappa shape index (κ1) is 25.5. The van der Waals surface area contributed by atoms with Gasteiger partial charge in [0.25, 0.3) is 0 Å². The average Bonchev–Trinajstić information content (AvgIpc) is 3.50. The van der Waals surface area contributed by atoms with Gasteiger partial charge in [-0.1, -0.05) is 143 Å². The molecule has 1 aliphatic carbocycles. The SMILES string of the molecule is CC1(C)c2ccccc2-c2ccc(-c3ccc4c(c3)[Si](C)(C)c3ccc5c6c(ccc5c3-4)[Si](C)(C)c3ccccc3-6)cc21. The van der Waals surface area contributed by atoms with Gasteiger partial charge >= 0.3 is 0 Å². The molecule has 43 heavy (non-hydrogen) atoms. The number of benzene rings is 6. The van der Waals surface area contributed by atoms with Crippen LogP contribution in [-0.2, 0) is 5.41 Å². The zero-order valence-corrected chi connectivity index (χ0v) is 27.9. The van der Waals surface area contributed by atoms with E-state index < -0.39 is 16.1 Å². The Kier molecular flexibility index (Phi) is 4.83. The molecule has 0 saturated heterocycles. The monoisotopic (exact) mass is 584 g/mol. The molecule has 6 aromatic carbocycles. The number of hydrogen-bond donors (Lipinski definition) is 0. The molecule has 0 saturated carbocycles. The maximum absolute atomic E-state index is 2.55. The molecule has 6 aromatic rings. The van der Waals surface area contributed by atoms with Crippen LogP contribution in [0, 0.1) is 0 Å². The second-order valence-electron chi connectivity index (χ2n) is 14.6. The Morgan fingerprint density at radius 3 is 1.63 bits per heavy atom. The van der Waals surface area contributed by atoms with Gasteiger partial charge in [0.05, 0.1) is 0 Å². The zero-order valence-electron chi connectivity index (χ0n) is 25.9. The van der Waals surface area contributed by atoms with Gasteiger partial charge in [0.15, 0.2) is 0 Å². The molecule has 0 fully saturated rings. The van der Waals surface area contributed by atoms with Gasteiger partial charge in [-0.3, -0.25) is 0 Å². The van der Waals surface area contributed by atoms with Crippen molar-refractivity contribution < 1.29 is 0 Å². The number of hydrogen-bond acceptors (Lipinski definition) is 0. The lowest BCUT2D eigenvalue weighted by Crippen LogP contribution is -2.49. The summed E-state index contributed by atoms with van der Waals surface area (Å²) in [6.07, 6.45) is 0. The van der Waals surface area contributed by atoms with E-state index in [0.717, 1.165) is 0 Å². The van der Waals surface area contributed by atoms with E-state index in [1.165, 1.54) is 66.4 Å². The first-order valence-corrected chi connectivity index (χ1v) is 21.7. The van der Waals surface area contributed by atoms with E-state index in [2.05, 4.69) is 149 Å². The fourth-order valence-corrected chi connectivity index (χ4v) is 15.1. The van der Waals surface area contributed by atoms with E-state index in [-0.39, 0.29) is 5.41 Å². The van der Waals surface area contributed by atoms with Crippen molar-refractivity contribution in [2.45, 2.75) is 45.5 Å². The summed E-state index contributed by atoms with van der Waals surface area (Å²) >= 11 is 0. The summed E-state index contributed by atoms with van der Waals surface area (Å²) in [7, 11) is -3.58. The number of fused-ring (bicyclic) bond motifs is 12. The van der Waals surface area contributed by atoms with Gasteiger partial charge in [-0.15, -0.1) is 0 Å². The molecule has 0 bridgehead atoms. The lowest BCUT2D eigenvalue weighted by Gasteiger charge is -2.22. The predicted molar refractivity (Wildman–Crippen MR) is 191 cm³/mol. The second kappa shape index (κ2) is 8.13. The van der Waals surface area contributed by atoms with Crippen LogP contribution in [0.1, 0.15) is 25.0 Å². The van der Waals surface area contributed by atoms with Crippen LogP contribution < -0.4 is 20.7 Å². The maximum atomic E-state index is 2.55. The van der Waals surface area contributed by atoms with Crippen molar-refractivity contribution in [3.8, 4) is 44.5 Å². The van der Waals surface area contributed by atoms with Crippen LogP contribution >= 0.6 is 0 Å². The first-order valence-electron chi connectivity index (χ1n) is 15.7. The minimum absolute atomic E-state index is 0.0120. The third-order valence-electron chi connectivity index (χ3n) is 11.3. The summed E-state index contributed by atoms with van der Waals surface area (Å²) in [5, 5.41) is 9.20. The summed E-state index contributed by atoms with van der Waals surface area (Å²) < 4.78 is 0. The van der Waals surface area contributed by atoms with E-state index in [0.29, 0.717) is 0 Å². The summed E-state index contributed by atoms with van der Waals surface area (Å²) in [5.41, 5.74) is 14.3. The Morgan fingerprint density at radius 2 is 0.930 bits per heavy atom. The molecule has 9 rings (SSSR count). The van der Waals surface area contributed by atoms with Crippen LogP contribution in [0.15, 0.2) is 109 Å². The van der Waals surface area contributed by atoms with Gasteiger partial charge in [0.2, 0.25) is 0 Å². The molecule has 3 aliphatic rings. The largest absolute Gasteiger partial charge is 0.113 e. The Hall–Kier alpha value is -3.99. The molecule has 0 N–H and O–H groups in total. The van der Waals surface area contributed by atoms with Gasteiger partial charge in [-0.25, -0.2) is 0 Å². The van der Waals surface area contributed by atoms with Crippen LogP contribution in [0.3, 0.4) is 0 Å². The van der Waals surface area contributed by atoms with Crippen molar-refractivity contribution in [3.05, 3.63) is 120 Å². The van der Waals surface area contributed by atoms with Crippen LogP contribution in [-0.4, -0.2) is 16.1 Å². The van der Waals surface area contributed by atoms with E-state index in [1.54, 1.807) is 20.7 Å². The van der Waals surface area contributed by atoms with Gasteiger partial charge in [0.1, 0.15) is 16.1 Å². The van der Waals surface area contributed by atoms with Crippen LogP contribution in [0.5, 0.6) is 0 Å². The van der Waals surface area contributed by atoms with Crippen LogP contribution in [0.2, 0.25) is 26.2 Å². The smallest absolute Gasteiger partial charge is 0.0623 e. The highest BCUT2D eigenvalue weighted by Crippen LogP contribution is 2.49. The van der Waals surface area contributed by atoms with E-state index >= 15 is 0 Å². The number of rotatable bonds is 1. The highest BCUT2D eigenvalue weighted by atomic mass is 28.3. The predicted octanol–water partition coefficient (Wildman–Crippen LogP) is 8.42. The molecule has 0 amide bonds. The summed E-state index contributed by atoms with van der Waals surface area (Å²) in [4.78, 5) is 0. The molecular formula is C41H36Si2. The lowest BCUT2D eigenvalue weighted by molar-refractivity contribution is 0.660. The van der Waals surface area contributed by atoms with Gasteiger partial charge in [0, 0.05) is 5.41 Å². The maximum Gasteiger partial charge on any atom is 0.113 e. The molecule has 208 valence electrons. The van der Waals surface area contributed by atoms with Crippen molar-refractivity contribution in [1.29, 1.82) is 0 Å². The fourth-order valence-electron chi connectivity index (χ4n) is 8.91. The zero-order chi connectivity index (χ0) is 29.5. The van der Waals surface area contributed by atoms with Crippen LogP contribution in [0.4, 0.5) is 0 Å². The quantitative estimate of drug-likeness (QED) is 0.170. The Balaban J connectivity index is 1.22. The van der Waals surface area contributed by atoms with E-state index in [1.807, 2.05) is 0 Å². The summed E-state index contributed by atoms with van der Waals surface area (Å²) in [6, 6.07) is 42.6. The third-order valence-corrected chi connectivity index (χ3v) is 18.4. The Bertz CT molecular complexity index is 2210. The molecule has 0 radical (unpaired) electrons. The average molecular weight is 585 g/mol. The van der Waals surface area contributed by atoms with Crippen LogP contribution in [0.25, 0.3) is 55.3 Å². The standard InChI is InChI=1S/C41H36Si2/c1-41(2)33-13-9-7-11-27(33)28-17-15-25(23-34(28)41)26-16-18-32-38(24-26)43(5,6)37-22-20-29-30(40(32)37)19-21-36-39(29)31-12-8-10-14-35(31)42(36,3)4/h7-24H,1-6H3. The highest BCUT2D eigenvalue weighted by molar-refractivity contribution is 7.05. The second-order valence-corrected chi connectivity index (χ2v) is 23.2. The lowest BCUT2D eigenvalue weighted by atomic mass is 9.81. The minimum atomic E-state index is -1.88. The van der Waals surface area contributed by atoms with Gasteiger partial charge in [-0.2, -0.15) is 0 Å². The van der Waals surface area contributed by atoms with Crippen molar-refractivity contribution in [2.24, 2.45) is 0 Å². The van der Waals surface area contributed by atoms with Crippen molar-refractivity contribution in [3.63, 3.8) is 0 Å². The molecule has 0 unspecified atom stereocenters. The van der Waals surface area contributed by atoms with E-state index in [9.17, 15) is 0 Å². The van der Waals surface area contributed by atoms with E-state index in [4.69, 9.17) is 0 Å². The highest BCUT2D eigenvalue weighted by Gasteiger charge is 2.42. The molecule has 0 spiro atoms. The fraction of sp³-hybridized carbons (Fsp3) is 0.171. The summed E-state index contributed by atoms with van der Waals surface area (Å²) in [5.74, 6) is 0. The van der Waals surface area contributed by atoms with Crippen molar-refractivity contribution in [1.82, 2.24) is 0 Å². The molecule has 2 heterocycles. The molecule has 0 nitrogen and oxygen atoms in total. The summed E-state index contributed by atoms with van der Waals surface area (Å²) in [6.45, 7) is 14.9.